The minimum atomic E-state index is 0.0821. The predicted octanol–water partition coefficient (Wildman–Crippen LogP) is 3.88. The average molecular weight is 335 g/mol. The third-order valence-electron chi connectivity index (χ3n) is 3.94. The molecule has 1 aliphatic heterocycles. The molecular weight excluding hydrogens is 316 g/mol. The van der Waals surface area contributed by atoms with Crippen LogP contribution in [-0.4, -0.2) is 13.1 Å². The van der Waals surface area contributed by atoms with Gasteiger partial charge in [0.15, 0.2) is 0 Å². The summed E-state index contributed by atoms with van der Waals surface area (Å²) in [5.41, 5.74) is 8.75. The Hall–Kier alpha value is -1.26. The van der Waals surface area contributed by atoms with Crippen LogP contribution in [0.5, 0.6) is 0 Å². The quantitative estimate of drug-likeness (QED) is 0.925. The van der Waals surface area contributed by atoms with E-state index < -0.39 is 0 Å². The van der Waals surface area contributed by atoms with Gasteiger partial charge in [-0.25, -0.2) is 0 Å². The molecule has 1 unspecified atom stereocenters. The van der Waals surface area contributed by atoms with Gasteiger partial charge in [-0.15, -0.1) is 0 Å². The van der Waals surface area contributed by atoms with E-state index in [0.717, 1.165) is 23.2 Å². The van der Waals surface area contributed by atoms with Crippen molar-refractivity contribution in [1.82, 2.24) is 0 Å². The summed E-state index contributed by atoms with van der Waals surface area (Å²) in [6, 6.07) is 10.6. The molecule has 0 aliphatic carbocycles. The van der Waals surface area contributed by atoms with Crippen LogP contribution in [0.15, 0.2) is 45.5 Å². The van der Waals surface area contributed by atoms with Crippen LogP contribution in [0.3, 0.4) is 0 Å². The van der Waals surface area contributed by atoms with Crippen LogP contribution in [0, 0.1) is 0 Å². The van der Waals surface area contributed by atoms with Crippen LogP contribution >= 0.6 is 15.9 Å². The van der Waals surface area contributed by atoms with E-state index in [1.165, 1.54) is 24.1 Å². The first-order valence-electron chi connectivity index (χ1n) is 7.08. The smallest absolute Gasteiger partial charge is 0.141 e. The van der Waals surface area contributed by atoms with E-state index in [1.54, 1.807) is 6.26 Å². The molecule has 0 saturated heterocycles. The molecule has 3 rings (SSSR count). The Morgan fingerprint density at radius 2 is 2.10 bits per heavy atom. The largest absolute Gasteiger partial charge is 0.466 e. The zero-order valence-electron chi connectivity index (χ0n) is 11.4. The van der Waals surface area contributed by atoms with Crippen molar-refractivity contribution in [1.29, 1.82) is 0 Å². The van der Waals surface area contributed by atoms with Crippen LogP contribution < -0.4 is 10.6 Å². The number of aryl methyl sites for hydroxylation is 1. The summed E-state index contributed by atoms with van der Waals surface area (Å²) >= 11 is 3.56. The van der Waals surface area contributed by atoms with Crippen LogP contribution in [0.1, 0.15) is 30.2 Å². The van der Waals surface area contributed by atoms with E-state index in [-0.39, 0.29) is 6.04 Å². The van der Waals surface area contributed by atoms with Gasteiger partial charge in [0, 0.05) is 18.8 Å². The molecule has 4 heteroatoms. The monoisotopic (exact) mass is 334 g/mol. The maximum absolute atomic E-state index is 6.05. The molecule has 1 atom stereocenters. The highest BCUT2D eigenvalue weighted by molar-refractivity contribution is 9.10. The van der Waals surface area contributed by atoms with Crippen LogP contribution in [0.25, 0.3) is 0 Å². The van der Waals surface area contributed by atoms with Crippen molar-refractivity contribution >= 4 is 21.6 Å². The number of fused-ring (bicyclic) bond motifs is 1. The summed E-state index contributed by atoms with van der Waals surface area (Å²) in [7, 11) is 0. The van der Waals surface area contributed by atoms with E-state index in [4.69, 9.17) is 10.2 Å². The first kappa shape index (κ1) is 13.7. The third kappa shape index (κ3) is 2.50. The Kier molecular flexibility index (Phi) is 4.13. The Bertz CT molecular complexity index is 581. The van der Waals surface area contributed by atoms with E-state index in [2.05, 4.69) is 45.1 Å². The number of para-hydroxylation sites is 1. The topological polar surface area (TPSA) is 42.4 Å². The van der Waals surface area contributed by atoms with E-state index in [0.29, 0.717) is 6.54 Å². The molecule has 0 fully saturated rings. The van der Waals surface area contributed by atoms with Crippen molar-refractivity contribution in [3.63, 3.8) is 0 Å². The van der Waals surface area contributed by atoms with E-state index in [9.17, 15) is 0 Å². The summed E-state index contributed by atoms with van der Waals surface area (Å²) in [6.07, 6.45) is 5.27. The zero-order valence-corrected chi connectivity index (χ0v) is 13.0. The molecule has 0 saturated carbocycles. The van der Waals surface area contributed by atoms with Crippen LogP contribution in [-0.2, 0) is 6.42 Å². The lowest BCUT2D eigenvalue weighted by atomic mass is 10.1. The van der Waals surface area contributed by atoms with Gasteiger partial charge in [0.1, 0.15) is 11.8 Å². The molecule has 1 aromatic heterocycles. The molecule has 2 heterocycles. The lowest BCUT2D eigenvalue weighted by molar-refractivity contribution is 0.447. The number of anilines is 1. The van der Waals surface area contributed by atoms with E-state index >= 15 is 0 Å². The fourth-order valence-electron chi connectivity index (χ4n) is 2.96. The summed E-state index contributed by atoms with van der Waals surface area (Å²) in [6.45, 7) is 1.56. The summed E-state index contributed by atoms with van der Waals surface area (Å²) in [5.74, 6) is 0.921. The lowest BCUT2D eigenvalue weighted by Crippen LogP contribution is -2.34. The highest BCUT2D eigenvalue weighted by atomic mass is 79.9. The summed E-state index contributed by atoms with van der Waals surface area (Å²) in [4.78, 5) is 2.39. The molecule has 0 radical (unpaired) electrons. The predicted molar refractivity (Wildman–Crippen MR) is 84.9 cm³/mol. The van der Waals surface area contributed by atoms with Crippen molar-refractivity contribution < 1.29 is 4.42 Å². The standard InChI is InChI=1S/C16H19BrN2O/c17-13-8-10-20-16(13)15(11-18)19-9-4-3-6-12-5-1-2-7-14(12)19/h1-2,5,7-8,10,15H,3-4,6,9,11,18H2. The Morgan fingerprint density at radius 3 is 2.85 bits per heavy atom. The summed E-state index contributed by atoms with van der Waals surface area (Å²) < 4.78 is 6.65. The number of hydrogen-bond acceptors (Lipinski definition) is 3. The van der Waals surface area contributed by atoms with Gasteiger partial charge in [0.25, 0.3) is 0 Å². The van der Waals surface area contributed by atoms with Gasteiger partial charge in [-0.1, -0.05) is 18.2 Å². The van der Waals surface area contributed by atoms with Crippen molar-refractivity contribution in [2.75, 3.05) is 18.0 Å². The average Bonchev–Trinajstić information content (AvgIpc) is 2.77. The summed E-state index contributed by atoms with van der Waals surface area (Å²) in [5, 5.41) is 0. The first-order chi connectivity index (χ1) is 9.81. The second-order valence-electron chi connectivity index (χ2n) is 5.16. The molecular formula is C16H19BrN2O. The maximum Gasteiger partial charge on any atom is 0.141 e. The highest BCUT2D eigenvalue weighted by Gasteiger charge is 2.26. The fourth-order valence-corrected chi connectivity index (χ4v) is 3.43. The van der Waals surface area contributed by atoms with Gasteiger partial charge < -0.3 is 15.1 Å². The molecule has 20 heavy (non-hydrogen) atoms. The number of hydrogen-bond donors (Lipinski definition) is 1. The number of nitrogens with two attached hydrogens (primary N) is 1. The number of furan rings is 1. The van der Waals surface area contributed by atoms with E-state index in [1.807, 2.05) is 6.07 Å². The Morgan fingerprint density at radius 1 is 1.25 bits per heavy atom. The third-order valence-corrected chi connectivity index (χ3v) is 4.60. The van der Waals surface area contributed by atoms with Crippen molar-refractivity contribution in [2.45, 2.75) is 25.3 Å². The molecule has 0 amide bonds. The normalized spacial score (nSPS) is 16.6. The number of rotatable bonds is 3. The van der Waals surface area contributed by atoms with Gasteiger partial charge in [0.2, 0.25) is 0 Å². The SMILES string of the molecule is NCC(c1occc1Br)N1CCCCc2ccccc21. The molecule has 0 spiro atoms. The zero-order chi connectivity index (χ0) is 13.9. The van der Waals surface area contributed by atoms with Gasteiger partial charge in [-0.05, 0) is 52.9 Å². The van der Waals surface area contributed by atoms with Gasteiger partial charge in [-0.2, -0.15) is 0 Å². The molecule has 0 bridgehead atoms. The Labute approximate surface area is 127 Å². The highest BCUT2D eigenvalue weighted by Crippen LogP contribution is 2.35. The minimum absolute atomic E-state index is 0.0821. The number of nitrogens with zero attached hydrogens (tertiary/aromatic N) is 1. The van der Waals surface area contributed by atoms with Crippen LogP contribution in [0.2, 0.25) is 0 Å². The van der Waals surface area contributed by atoms with Gasteiger partial charge in [0.05, 0.1) is 10.7 Å². The molecule has 3 nitrogen and oxygen atoms in total. The minimum Gasteiger partial charge on any atom is -0.466 e. The van der Waals surface area contributed by atoms with Gasteiger partial charge >= 0.3 is 0 Å². The second kappa shape index (κ2) is 6.02. The molecule has 106 valence electrons. The fraction of sp³-hybridized carbons (Fsp3) is 0.375. The lowest BCUT2D eigenvalue weighted by Gasteiger charge is -2.32. The number of benzene rings is 1. The van der Waals surface area contributed by atoms with Gasteiger partial charge in [-0.3, -0.25) is 0 Å². The van der Waals surface area contributed by atoms with Crippen molar-refractivity contribution in [3.8, 4) is 0 Å². The molecule has 2 N–H and O–H groups in total. The molecule has 2 aromatic rings. The van der Waals surface area contributed by atoms with Crippen LogP contribution in [0.4, 0.5) is 5.69 Å². The Balaban J connectivity index is 2.01. The molecule has 1 aliphatic rings. The maximum atomic E-state index is 6.05. The molecule has 1 aromatic carbocycles. The second-order valence-corrected chi connectivity index (χ2v) is 6.02. The van der Waals surface area contributed by atoms with Crippen molar-refractivity contribution in [3.05, 3.63) is 52.4 Å². The van der Waals surface area contributed by atoms with Crippen molar-refractivity contribution in [2.24, 2.45) is 5.73 Å². The number of halogens is 1. The first-order valence-corrected chi connectivity index (χ1v) is 7.88.